The molecule has 2 aromatic heterocycles. The first kappa shape index (κ1) is 13.1. The molecule has 0 atom stereocenters. The average molecular weight is 260 g/mol. The minimum atomic E-state index is -0.455. The van der Waals surface area contributed by atoms with Crippen molar-refractivity contribution in [3.8, 4) is 5.75 Å². The minimum Gasteiger partial charge on any atom is -0.505 e. The van der Waals surface area contributed by atoms with E-state index in [1.165, 1.54) is 12.3 Å². The van der Waals surface area contributed by atoms with Gasteiger partial charge < -0.3 is 10.4 Å². The van der Waals surface area contributed by atoms with Gasteiger partial charge >= 0.3 is 0 Å². The van der Waals surface area contributed by atoms with Crippen LogP contribution in [-0.4, -0.2) is 25.8 Å². The van der Waals surface area contributed by atoms with Crippen molar-refractivity contribution in [2.75, 3.05) is 5.32 Å². The molecule has 2 aromatic rings. The fourth-order valence-corrected chi connectivity index (χ4v) is 1.68. The van der Waals surface area contributed by atoms with Crippen molar-refractivity contribution in [1.82, 2.24) is 14.8 Å². The number of nitrogens with zero attached hydrogens (tertiary/aromatic N) is 3. The van der Waals surface area contributed by atoms with Gasteiger partial charge in [-0.15, -0.1) is 0 Å². The van der Waals surface area contributed by atoms with Crippen LogP contribution in [0, 0.1) is 5.92 Å². The Morgan fingerprint density at radius 2 is 2.21 bits per heavy atom. The lowest BCUT2D eigenvalue weighted by Gasteiger charge is -2.10. The van der Waals surface area contributed by atoms with E-state index in [0.29, 0.717) is 18.3 Å². The van der Waals surface area contributed by atoms with Crippen LogP contribution in [0.4, 0.5) is 5.82 Å². The summed E-state index contributed by atoms with van der Waals surface area (Å²) in [5.74, 6) is 0.404. The van der Waals surface area contributed by atoms with Crippen LogP contribution in [0.5, 0.6) is 5.75 Å². The maximum absolute atomic E-state index is 12.0. The molecule has 0 aromatic carbocycles. The number of carbonyl (C=O) groups excluding carboxylic acids is 1. The topological polar surface area (TPSA) is 80.0 Å². The fraction of sp³-hybridized carbons (Fsp3) is 0.308. The molecule has 1 amide bonds. The van der Waals surface area contributed by atoms with Crippen LogP contribution in [0.1, 0.15) is 24.3 Å². The van der Waals surface area contributed by atoms with Gasteiger partial charge in [0.15, 0.2) is 5.69 Å². The van der Waals surface area contributed by atoms with Crippen LogP contribution in [0.3, 0.4) is 0 Å². The summed E-state index contributed by atoms with van der Waals surface area (Å²) in [6.07, 6.45) is 3.08. The highest BCUT2D eigenvalue weighted by Gasteiger charge is 2.14. The minimum absolute atomic E-state index is 0.000188. The number of carbonyl (C=O) groups is 1. The predicted molar refractivity (Wildman–Crippen MR) is 70.9 cm³/mol. The number of pyridine rings is 1. The van der Waals surface area contributed by atoms with E-state index in [9.17, 15) is 9.90 Å². The van der Waals surface area contributed by atoms with Crippen molar-refractivity contribution in [3.63, 3.8) is 0 Å². The summed E-state index contributed by atoms with van der Waals surface area (Å²) in [5, 5.41) is 16.4. The third-order valence-corrected chi connectivity index (χ3v) is 2.50. The molecule has 0 aliphatic carbocycles. The molecule has 0 saturated heterocycles. The Morgan fingerprint density at radius 3 is 2.89 bits per heavy atom. The average Bonchev–Trinajstić information content (AvgIpc) is 2.76. The first-order valence-corrected chi connectivity index (χ1v) is 6.05. The largest absolute Gasteiger partial charge is 0.505 e. The van der Waals surface area contributed by atoms with Gasteiger partial charge in [-0.3, -0.25) is 4.79 Å². The van der Waals surface area contributed by atoms with Crippen molar-refractivity contribution in [3.05, 3.63) is 36.3 Å². The maximum Gasteiger partial charge on any atom is 0.279 e. The number of hydrogen-bond donors (Lipinski definition) is 2. The van der Waals surface area contributed by atoms with Gasteiger partial charge in [0.05, 0.1) is 6.20 Å². The van der Waals surface area contributed by atoms with Crippen LogP contribution >= 0.6 is 0 Å². The first-order valence-electron chi connectivity index (χ1n) is 6.05. The molecule has 6 nitrogen and oxygen atoms in total. The van der Waals surface area contributed by atoms with E-state index in [1.54, 1.807) is 23.0 Å². The molecule has 6 heteroatoms. The van der Waals surface area contributed by atoms with Gasteiger partial charge in [0.2, 0.25) is 0 Å². The van der Waals surface area contributed by atoms with E-state index in [-0.39, 0.29) is 11.4 Å². The van der Waals surface area contributed by atoms with E-state index in [1.807, 2.05) is 0 Å². The zero-order valence-electron chi connectivity index (χ0n) is 10.9. The second-order valence-corrected chi connectivity index (χ2v) is 4.62. The maximum atomic E-state index is 12.0. The number of nitrogens with one attached hydrogen (secondary N) is 1. The number of hydrogen-bond acceptors (Lipinski definition) is 4. The molecule has 0 aliphatic rings. The quantitative estimate of drug-likeness (QED) is 0.879. The predicted octanol–water partition coefficient (Wildman–Crippen LogP) is 1.89. The highest BCUT2D eigenvalue weighted by molar-refractivity contribution is 6.04. The highest BCUT2D eigenvalue weighted by Crippen LogP contribution is 2.15. The molecule has 19 heavy (non-hydrogen) atoms. The normalized spacial score (nSPS) is 10.7. The molecule has 0 radical (unpaired) electrons. The van der Waals surface area contributed by atoms with Gasteiger partial charge in [0, 0.05) is 18.8 Å². The number of rotatable bonds is 4. The molecule has 0 spiro atoms. The second-order valence-electron chi connectivity index (χ2n) is 4.62. The van der Waals surface area contributed by atoms with Gasteiger partial charge in [0.25, 0.3) is 5.91 Å². The summed E-state index contributed by atoms with van der Waals surface area (Å²) < 4.78 is 1.71. The second kappa shape index (κ2) is 5.51. The monoisotopic (exact) mass is 260 g/mol. The van der Waals surface area contributed by atoms with E-state index in [4.69, 9.17) is 0 Å². The van der Waals surface area contributed by atoms with Crippen molar-refractivity contribution in [2.24, 2.45) is 5.92 Å². The zero-order chi connectivity index (χ0) is 13.8. The molecule has 2 N–H and O–H groups in total. The summed E-state index contributed by atoms with van der Waals surface area (Å²) in [6.45, 7) is 4.84. The van der Waals surface area contributed by atoms with Gasteiger partial charge in [-0.25, -0.2) is 9.67 Å². The summed E-state index contributed by atoms with van der Waals surface area (Å²) in [7, 11) is 0. The Kier molecular flexibility index (Phi) is 3.79. The van der Waals surface area contributed by atoms with Crippen LogP contribution in [-0.2, 0) is 6.54 Å². The highest BCUT2D eigenvalue weighted by atomic mass is 16.3. The first-order chi connectivity index (χ1) is 9.08. The molecular weight excluding hydrogens is 244 g/mol. The van der Waals surface area contributed by atoms with E-state index in [2.05, 4.69) is 29.2 Å². The lowest BCUT2D eigenvalue weighted by Crippen LogP contribution is -2.18. The van der Waals surface area contributed by atoms with Crippen LogP contribution in [0.2, 0.25) is 0 Å². The number of anilines is 1. The Morgan fingerprint density at radius 1 is 1.42 bits per heavy atom. The smallest absolute Gasteiger partial charge is 0.279 e. The molecule has 0 bridgehead atoms. The number of amides is 1. The van der Waals surface area contributed by atoms with Crippen LogP contribution in [0.15, 0.2) is 30.6 Å². The SMILES string of the molecule is CC(C)Cn1nccc1NC(=O)c1ncccc1O. The third-order valence-electron chi connectivity index (χ3n) is 2.50. The Hall–Kier alpha value is -2.37. The van der Waals surface area contributed by atoms with Gasteiger partial charge in [-0.2, -0.15) is 5.10 Å². The van der Waals surface area contributed by atoms with Gasteiger partial charge in [-0.05, 0) is 18.1 Å². The molecule has 0 aliphatic heterocycles. The zero-order valence-corrected chi connectivity index (χ0v) is 10.9. The summed E-state index contributed by atoms with van der Waals surface area (Å²) in [5.41, 5.74) is -0.000188. The molecule has 2 rings (SSSR count). The van der Waals surface area contributed by atoms with Crippen LogP contribution in [0.25, 0.3) is 0 Å². The van der Waals surface area contributed by atoms with E-state index < -0.39 is 5.91 Å². The molecule has 100 valence electrons. The van der Waals surface area contributed by atoms with Crippen molar-refractivity contribution in [2.45, 2.75) is 20.4 Å². The summed E-state index contributed by atoms with van der Waals surface area (Å²) in [4.78, 5) is 15.9. The molecule has 0 unspecified atom stereocenters. The fourth-order valence-electron chi connectivity index (χ4n) is 1.68. The molecular formula is C13H16N4O2. The van der Waals surface area contributed by atoms with Crippen molar-refractivity contribution >= 4 is 11.7 Å². The molecule has 0 saturated carbocycles. The Labute approximate surface area is 111 Å². The van der Waals surface area contributed by atoms with E-state index >= 15 is 0 Å². The summed E-state index contributed by atoms with van der Waals surface area (Å²) >= 11 is 0. The number of aromatic nitrogens is 3. The van der Waals surface area contributed by atoms with Crippen molar-refractivity contribution in [1.29, 1.82) is 0 Å². The van der Waals surface area contributed by atoms with E-state index in [0.717, 1.165) is 0 Å². The Bertz CT molecular complexity index is 578. The summed E-state index contributed by atoms with van der Waals surface area (Å²) in [6, 6.07) is 4.70. The standard InChI is InChI=1S/C13H16N4O2/c1-9(2)8-17-11(5-7-15-17)16-13(19)12-10(18)4-3-6-14-12/h3-7,9,18H,8H2,1-2H3,(H,16,19). The molecule has 0 fully saturated rings. The van der Waals surface area contributed by atoms with Gasteiger partial charge in [0.1, 0.15) is 11.6 Å². The van der Waals surface area contributed by atoms with Crippen molar-refractivity contribution < 1.29 is 9.90 Å². The van der Waals surface area contributed by atoms with Crippen LogP contribution < -0.4 is 5.32 Å². The number of aromatic hydroxyl groups is 1. The lowest BCUT2D eigenvalue weighted by molar-refractivity contribution is 0.101. The Balaban J connectivity index is 2.16. The molecule has 2 heterocycles. The lowest BCUT2D eigenvalue weighted by atomic mass is 10.2. The van der Waals surface area contributed by atoms with Gasteiger partial charge in [-0.1, -0.05) is 13.8 Å². The third kappa shape index (κ3) is 3.09.